The minimum atomic E-state index is -0.769. The smallest absolute Gasteiger partial charge is 0.328 e. The third-order valence-corrected chi connectivity index (χ3v) is 4.90. The normalized spacial score (nSPS) is 17.4. The van der Waals surface area contributed by atoms with Gasteiger partial charge < -0.3 is 19.9 Å². The lowest BCUT2D eigenvalue weighted by atomic mass is 9.96. The Bertz CT molecular complexity index is 839. The number of aromatic amines is 1. The first-order valence-electron chi connectivity index (χ1n) is 8.04. The zero-order chi connectivity index (χ0) is 18.8. The van der Waals surface area contributed by atoms with Crippen molar-refractivity contribution >= 4 is 35.2 Å². The molecule has 0 bridgehead atoms. The predicted octanol–water partition coefficient (Wildman–Crippen LogP) is 2.94. The van der Waals surface area contributed by atoms with E-state index in [9.17, 15) is 9.59 Å². The fourth-order valence-corrected chi connectivity index (χ4v) is 3.55. The van der Waals surface area contributed by atoms with Crippen molar-refractivity contribution in [3.63, 3.8) is 0 Å². The second kappa shape index (κ2) is 7.55. The van der Waals surface area contributed by atoms with E-state index in [1.165, 1.54) is 7.11 Å². The standard InChI is InChI=1S/C17H18Cl2N4O3/c1-9(16(24)26-2)22-17(25)23-6-5-13-14(21-8-20-13)15(23)11-4-3-10(18)7-12(11)19/h3-4,7-9,15H,5-6H2,1-2H3,(H,20,21)(H,22,25)/t9-,15+/m0/s1. The largest absolute Gasteiger partial charge is 0.467 e. The monoisotopic (exact) mass is 396 g/mol. The van der Waals surface area contributed by atoms with Gasteiger partial charge in [-0.15, -0.1) is 0 Å². The van der Waals surface area contributed by atoms with E-state index in [4.69, 9.17) is 23.2 Å². The topological polar surface area (TPSA) is 87.3 Å². The number of nitrogens with one attached hydrogen (secondary N) is 2. The van der Waals surface area contributed by atoms with Crippen molar-refractivity contribution in [2.75, 3.05) is 13.7 Å². The number of imidazole rings is 1. The maximum absolute atomic E-state index is 12.8. The van der Waals surface area contributed by atoms with Crippen molar-refractivity contribution in [1.82, 2.24) is 20.2 Å². The zero-order valence-corrected chi connectivity index (χ0v) is 15.8. The van der Waals surface area contributed by atoms with Crippen LogP contribution in [0.4, 0.5) is 4.79 Å². The van der Waals surface area contributed by atoms with Gasteiger partial charge in [-0.1, -0.05) is 29.3 Å². The lowest BCUT2D eigenvalue weighted by Crippen LogP contribution is -2.50. The minimum Gasteiger partial charge on any atom is -0.467 e. The second-order valence-electron chi connectivity index (χ2n) is 5.97. The van der Waals surface area contributed by atoms with Crippen molar-refractivity contribution in [3.05, 3.63) is 51.5 Å². The number of fused-ring (bicyclic) bond motifs is 1. The van der Waals surface area contributed by atoms with Gasteiger partial charge in [-0.05, 0) is 24.6 Å². The molecule has 2 aromatic rings. The van der Waals surface area contributed by atoms with Crippen LogP contribution in [0.2, 0.25) is 10.0 Å². The number of benzene rings is 1. The molecule has 2 amide bonds. The molecule has 1 aromatic heterocycles. The number of ether oxygens (including phenoxy) is 1. The Morgan fingerprint density at radius 2 is 2.19 bits per heavy atom. The van der Waals surface area contributed by atoms with Crippen LogP contribution in [0.3, 0.4) is 0 Å². The van der Waals surface area contributed by atoms with Crippen LogP contribution < -0.4 is 5.32 Å². The number of esters is 1. The Hall–Kier alpha value is -2.25. The Kier molecular flexibility index (Phi) is 5.38. The summed E-state index contributed by atoms with van der Waals surface area (Å²) in [6.45, 7) is 2.01. The van der Waals surface area contributed by atoms with Gasteiger partial charge >= 0.3 is 12.0 Å². The maximum atomic E-state index is 12.8. The summed E-state index contributed by atoms with van der Waals surface area (Å²) in [5.74, 6) is -0.517. The van der Waals surface area contributed by atoms with Gasteiger partial charge in [0.25, 0.3) is 0 Å². The van der Waals surface area contributed by atoms with E-state index >= 15 is 0 Å². The van der Waals surface area contributed by atoms with Crippen LogP contribution in [0.1, 0.15) is 29.9 Å². The number of amides is 2. The molecule has 0 aliphatic carbocycles. The van der Waals surface area contributed by atoms with Crippen LogP contribution >= 0.6 is 23.2 Å². The number of methoxy groups -OCH3 is 1. The van der Waals surface area contributed by atoms with Crippen molar-refractivity contribution < 1.29 is 14.3 Å². The average molecular weight is 397 g/mol. The molecule has 1 aromatic carbocycles. The highest BCUT2D eigenvalue weighted by molar-refractivity contribution is 6.35. The summed E-state index contributed by atoms with van der Waals surface area (Å²) in [5.41, 5.74) is 2.39. The SMILES string of the molecule is COC(=O)[C@H](C)NC(=O)N1CCc2[nH]cnc2[C@H]1c1ccc(Cl)cc1Cl. The van der Waals surface area contributed by atoms with Gasteiger partial charge in [0.2, 0.25) is 0 Å². The van der Waals surface area contributed by atoms with Crippen molar-refractivity contribution in [3.8, 4) is 0 Å². The van der Waals surface area contributed by atoms with E-state index in [2.05, 4.69) is 20.0 Å². The number of rotatable bonds is 3. The summed E-state index contributed by atoms with van der Waals surface area (Å²) in [5, 5.41) is 3.61. The molecule has 0 saturated carbocycles. The first-order chi connectivity index (χ1) is 12.4. The van der Waals surface area contributed by atoms with E-state index in [0.29, 0.717) is 28.6 Å². The van der Waals surface area contributed by atoms with Crippen LogP contribution in [0.25, 0.3) is 0 Å². The Morgan fingerprint density at radius 3 is 2.88 bits per heavy atom. The van der Waals surface area contributed by atoms with Gasteiger partial charge in [0, 0.05) is 28.7 Å². The summed E-state index contributed by atoms with van der Waals surface area (Å²) in [6, 6.07) is 3.48. The Labute approximate surface area is 160 Å². The van der Waals surface area contributed by atoms with Crippen LogP contribution in [0, 0.1) is 0 Å². The van der Waals surface area contributed by atoms with Crippen molar-refractivity contribution in [2.45, 2.75) is 25.4 Å². The van der Waals surface area contributed by atoms with Crippen LogP contribution in [0.5, 0.6) is 0 Å². The predicted molar refractivity (Wildman–Crippen MR) is 97.3 cm³/mol. The van der Waals surface area contributed by atoms with Crippen LogP contribution in [-0.2, 0) is 16.0 Å². The highest BCUT2D eigenvalue weighted by Gasteiger charge is 2.36. The van der Waals surface area contributed by atoms with E-state index < -0.39 is 24.1 Å². The Morgan fingerprint density at radius 1 is 1.42 bits per heavy atom. The first-order valence-corrected chi connectivity index (χ1v) is 8.80. The van der Waals surface area contributed by atoms with Crippen molar-refractivity contribution in [1.29, 1.82) is 0 Å². The van der Waals surface area contributed by atoms with E-state index in [1.807, 2.05) is 0 Å². The number of H-pyrrole nitrogens is 1. The number of urea groups is 1. The fraction of sp³-hybridized carbons (Fsp3) is 0.353. The summed E-state index contributed by atoms with van der Waals surface area (Å²) < 4.78 is 4.66. The number of carbonyl (C=O) groups is 2. The van der Waals surface area contributed by atoms with Gasteiger partial charge in [0.15, 0.2) is 0 Å². The molecule has 0 unspecified atom stereocenters. The first kappa shape index (κ1) is 18.5. The van der Waals surface area contributed by atoms with Gasteiger partial charge in [-0.3, -0.25) is 0 Å². The molecule has 0 saturated heterocycles. The van der Waals surface area contributed by atoms with Crippen LogP contribution in [0.15, 0.2) is 24.5 Å². The molecular weight excluding hydrogens is 379 g/mol. The average Bonchev–Trinajstić information content (AvgIpc) is 3.09. The number of aromatic nitrogens is 2. The molecule has 2 N–H and O–H groups in total. The number of nitrogens with zero attached hydrogens (tertiary/aromatic N) is 2. The number of halogens is 2. The highest BCUT2D eigenvalue weighted by Crippen LogP contribution is 2.37. The van der Waals surface area contributed by atoms with E-state index in [-0.39, 0.29) is 0 Å². The van der Waals surface area contributed by atoms with E-state index in [0.717, 1.165) is 11.4 Å². The summed E-state index contributed by atoms with van der Waals surface area (Å²) in [6.07, 6.45) is 2.22. The van der Waals surface area contributed by atoms with Gasteiger partial charge in [-0.25, -0.2) is 14.6 Å². The maximum Gasteiger partial charge on any atom is 0.328 e. The summed E-state index contributed by atoms with van der Waals surface area (Å²) in [4.78, 5) is 33.5. The number of carbonyl (C=O) groups excluding carboxylic acids is 2. The highest BCUT2D eigenvalue weighted by atomic mass is 35.5. The van der Waals surface area contributed by atoms with Crippen molar-refractivity contribution in [2.24, 2.45) is 0 Å². The quantitative estimate of drug-likeness (QED) is 0.780. The zero-order valence-electron chi connectivity index (χ0n) is 14.3. The second-order valence-corrected chi connectivity index (χ2v) is 6.82. The third kappa shape index (κ3) is 3.50. The lowest BCUT2D eigenvalue weighted by molar-refractivity contribution is -0.142. The molecule has 1 aliphatic rings. The lowest BCUT2D eigenvalue weighted by Gasteiger charge is -2.36. The van der Waals surface area contributed by atoms with Gasteiger partial charge in [-0.2, -0.15) is 0 Å². The van der Waals surface area contributed by atoms with Gasteiger partial charge in [0.05, 0.1) is 19.1 Å². The molecule has 9 heteroatoms. The minimum absolute atomic E-state index is 0.396. The summed E-state index contributed by atoms with van der Waals surface area (Å²) >= 11 is 12.4. The molecule has 0 fully saturated rings. The molecule has 2 atom stereocenters. The van der Waals surface area contributed by atoms with E-state index in [1.54, 1.807) is 36.4 Å². The molecule has 26 heavy (non-hydrogen) atoms. The van der Waals surface area contributed by atoms with Gasteiger partial charge in [0.1, 0.15) is 12.1 Å². The molecule has 0 radical (unpaired) electrons. The molecule has 3 rings (SSSR count). The number of hydrogen-bond donors (Lipinski definition) is 2. The molecule has 2 heterocycles. The Balaban J connectivity index is 1.96. The molecular formula is C17H18Cl2N4O3. The molecule has 0 spiro atoms. The summed E-state index contributed by atoms with van der Waals surface area (Å²) in [7, 11) is 1.28. The number of hydrogen-bond acceptors (Lipinski definition) is 4. The molecule has 7 nitrogen and oxygen atoms in total. The molecule has 138 valence electrons. The van der Waals surface area contributed by atoms with Crippen LogP contribution in [-0.4, -0.2) is 46.6 Å². The third-order valence-electron chi connectivity index (χ3n) is 4.34. The fourth-order valence-electron chi connectivity index (χ4n) is 3.04. The molecule has 1 aliphatic heterocycles.